The molecule has 1 saturated carbocycles. The van der Waals surface area contributed by atoms with E-state index in [1.807, 2.05) is 36.4 Å². The minimum absolute atomic E-state index is 0.138. The van der Waals surface area contributed by atoms with Gasteiger partial charge in [-0.15, -0.1) is 0 Å². The molecule has 198 valence electrons. The maximum absolute atomic E-state index is 12.4. The third kappa shape index (κ3) is 5.99. The van der Waals surface area contributed by atoms with Gasteiger partial charge in [-0.2, -0.15) is 0 Å². The van der Waals surface area contributed by atoms with Crippen LogP contribution in [0.25, 0.3) is 0 Å². The summed E-state index contributed by atoms with van der Waals surface area (Å²) in [6.07, 6.45) is 3.54. The summed E-state index contributed by atoms with van der Waals surface area (Å²) >= 11 is 6.14. The zero-order valence-corrected chi connectivity index (χ0v) is 22.3. The number of halogens is 1. The molecule has 0 aromatic heterocycles. The number of aliphatic carboxylic acids is 1. The van der Waals surface area contributed by atoms with Crippen LogP contribution in [0.5, 0.6) is 5.75 Å². The van der Waals surface area contributed by atoms with Gasteiger partial charge in [-0.3, -0.25) is 24.2 Å². The van der Waals surface area contributed by atoms with Crippen LogP contribution >= 0.6 is 11.6 Å². The maximum Gasteiger partial charge on any atom is 0.311 e. The fraction of sp³-hybridized carbons (Fsp3) is 0.483. The molecule has 1 unspecified atom stereocenters. The average Bonchev–Trinajstić information content (AvgIpc) is 3.62. The Morgan fingerprint density at radius 1 is 1.11 bits per heavy atom. The zero-order valence-electron chi connectivity index (χ0n) is 21.5. The van der Waals surface area contributed by atoms with Crippen molar-refractivity contribution in [3.05, 3.63) is 64.2 Å². The molecule has 8 heteroatoms. The number of ether oxygens (including phenoxy) is 1. The predicted molar refractivity (Wildman–Crippen MR) is 141 cm³/mol. The van der Waals surface area contributed by atoms with E-state index < -0.39 is 11.4 Å². The topological polar surface area (TPSA) is 87.2 Å². The van der Waals surface area contributed by atoms with Crippen LogP contribution in [0.1, 0.15) is 68.7 Å². The highest BCUT2D eigenvalue weighted by molar-refractivity contribution is 6.30. The van der Waals surface area contributed by atoms with Gasteiger partial charge in [-0.1, -0.05) is 49.7 Å². The second kappa shape index (κ2) is 11.7. The van der Waals surface area contributed by atoms with Crippen molar-refractivity contribution in [3.8, 4) is 5.75 Å². The molecule has 2 aromatic carbocycles. The van der Waals surface area contributed by atoms with E-state index >= 15 is 0 Å². The lowest BCUT2D eigenvalue weighted by atomic mass is 9.88. The summed E-state index contributed by atoms with van der Waals surface area (Å²) < 4.78 is 5.97. The van der Waals surface area contributed by atoms with Crippen LogP contribution in [0.4, 0.5) is 0 Å². The number of hydrogen-bond acceptors (Lipinski definition) is 5. The van der Waals surface area contributed by atoms with Gasteiger partial charge < -0.3 is 9.84 Å². The van der Waals surface area contributed by atoms with Crippen molar-refractivity contribution >= 4 is 29.4 Å². The molecular weight excluding hydrogens is 492 g/mol. The summed E-state index contributed by atoms with van der Waals surface area (Å²) in [6, 6.07) is 13.4. The van der Waals surface area contributed by atoms with E-state index in [0.717, 1.165) is 41.8 Å². The van der Waals surface area contributed by atoms with E-state index in [1.165, 1.54) is 4.90 Å². The fourth-order valence-electron chi connectivity index (χ4n) is 5.35. The summed E-state index contributed by atoms with van der Waals surface area (Å²) in [5.41, 5.74) is 2.31. The van der Waals surface area contributed by atoms with Gasteiger partial charge in [0, 0.05) is 24.4 Å². The molecule has 1 N–H and O–H groups in total. The molecule has 7 nitrogen and oxygen atoms in total. The van der Waals surface area contributed by atoms with Crippen LogP contribution in [0.3, 0.4) is 0 Å². The molecule has 37 heavy (non-hydrogen) atoms. The van der Waals surface area contributed by atoms with Crippen LogP contribution in [-0.2, 0) is 27.3 Å². The van der Waals surface area contributed by atoms with Crippen LogP contribution in [0, 0.1) is 5.41 Å². The minimum atomic E-state index is -0.788. The molecule has 1 atom stereocenters. The number of likely N-dealkylation sites (tertiary alicyclic amines) is 1. The summed E-state index contributed by atoms with van der Waals surface area (Å²) in [5, 5.41) is 10.8. The van der Waals surface area contributed by atoms with Crippen molar-refractivity contribution in [3.63, 3.8) is 0 Å². The van der Waals surface area contributed by atoms with Crippen LogP contribution in [-0.4, -0.2) is 52.4 Å². The number of hydrogen-bond donors (Lipinski definition) is 1. The van der Waals surface area contributed by atoms with Crippen LogP contribution < -0.4 is 4.74 Å². The first kappa shape index (κ1) is 27.1. The SMILES string of the molecule is CCCN(Cc1ccc(OCCN2C(=O)CCC2=O)c(CC)c1)C(c1ccc(Cl)cc1)C1(C(=O)O)CC1. The first-order valence-corrected chi connectivity index (χ1v) is 13.5. The van der Waals surface area contributed by atoms with Gasteiger partial charge in [0.1, 0.15) is 12.4 Å². The monoisotopic (exact) mass is 526 g/mol. The standard InChI is InChI=1S/C29H35ClN2O5/c1-3-15-31(27(29(13-14-29)28(35)36)22-6-8-23(30)9-7-22)19-20-5-10-24(21(4-2)18-20)37-17-16-32-25(33)11-12-26(32)34/h5-10,18,27H,3-4,11-17,19H2,1-2H3,(H,35,36). The van der Waals surface area contributed by atoms with Crippen molar-refractivity contribution in [1.29, 1.82) is 0 Å². The molecule has 1 aliphatic heterocycles. The first-order valence-electron chi connectivity index (χ1n) is 13.1. The Kier molecular flexibility index (Phi) is 8.55. The number of carboxylic acids is 1. The van der Waals surface area contributed by atoms with E-state index in [-0.39, 0.29) is 43.8 Å². The smallest absolute Gasteiger partial charge is 0.311 e. The van der Waals surface area contributed by atoms with Crippen LogP contribution in [0.15, 0.2) is 42.5 Å². The Hall–Kier alpha value is -2.90. The number of nitrogens with zero attached hydrogens (tertiary/aromatic N) is 2. The molecule has 2 aromatic rings. The molecule has 1 saturated heterocycles. The Morgan fingerprint density at radius 2 is 1.78 bits per heavy atom. The maximum atomic E-state index is 12.4. The van der Waals surface area contributed by atoms with Gasteiger partial charge >= 0.3 is 5.97 Å². The number of carboxylic acid groups (broad SMARTS) is 1. The van der Waals surface area contributed by atoms with Crippen molar-refractivity contribution < 1.29 is 24.2 Å². The second-order valence-corrected chi connectivity index (χ2v) is 10.4. The molecule has 2 aliphatic rings. The second-order valence-electron chi connectivity index (χ2n) is 9.97. The molecular formula is C29H35ClN2O5. The molecule has 2 fully saturated rings. The van der Waals surface area contributed by atoms with E-state index in [1.54, 1.807) is 0 Å². The molecule has 4 rings (SSSR count). The molecule has 0 spiro atoms. The summed E-state index contributed by atoms with van der Waals surface area (Å²) in [4.78, 5) is 39.6. The summed E-state index contributed by atoms with van der Waals surface area (Å²) in [7, 11) is 0. The van der Waals surface area contributed by atoms with Gasteiger partial charge in [0.05, 0.1) is 18.0 Å². The number of carbonyl (C=O) groups excluding carboxylic acids is 2. The lowest BCUT2D eigenvalue weighted by molar-refractivity contribution is -0.147. The molecule has 1 aliphatic carbocycles. The third-order valence-electron chi connectivity index (χ3n) is 7.42. The van der Waals surface area contributed by atoms with Gasteiger partial charge in [0.2, 0.25) is 11.8 Å². The number of rotatable bonds is 13. The average molecular weight is 527 g/mol. The van der Waals surface area contributed by atoms with Crippen molar-refractivity contribution in [2.45, 2.75) is 65.0 Å². The highest BCUT2D eigenvalue weighted by Gasteiger charge is 2.58. The highest BCUT2D eigenvalue weighted by atomic mass is 35.5. The summed E-state index contributed by atoms with van der Waals surface area (Å²) in [6.45, 7) is 6.05. The van der Waals surface area contributed by atoms with Gasteiger partial charge in [-0.05, 0) is 67.1 Å². The summed E-state index contributed by atoms with van der Waals surface area (Å²) in [5.74, 6) is -0.284. The van der Waals surface area contributed by atoms with E-state index in [2.05, 4.69) is 24.8 Å². The van der Waals surface area contributed by atoms with Crippen molar-refractivity contribution in [2.75, 3.05) is 19.7 Å². The molecule has 1 heterocycles. The van der Waals surface area contributed by atoms with Gasteiger partial charge in [0.15, 0.2) is 0 Å². The Balaban J connectivity index is 1.53. The van der Waals surface area contributed by atoms with Crippen molar-refractivity contribution in [1.82, 2.24) is 9.80 Å². The predicted octanol–water partition coefficient (Wildman–Crippen LogP) is 5.25. The van der Waals surface area contributed by atoms with Gasteiger partial charge in [0.25, 0.3) is 0 Å². The lowest BCUT2D eigenvalue weighted by Crippen LogP contribution is -2.38. The number of aryl methyl sites for hydroxylation is 1. The van der Waals surface area contributed by atoms with Gasteiger partial charge in [-0.25, -0.2) is 0 Å². The minimum Gasteiger partial charge on any atom is -0.491 e. The molecule has 2 amide bonds. The Labute approximate surface area is 223 Å². The zero-order chi connectivity index (χ0) is 26.6. The number of amides is 2. The fourth-order valence-corrected chi connectivity index (χ4v) is 5.48. The first-order chi connectivity index (χ1) is 17.8. The molecule has 0 bridgehead atoms. The number of benzene rings is 2. The normalized spacial score (nSPS) is 17.4. The number of imide groups is 1. The van der Waals surface area contributed by atoms with Crippen LogP contribution in [0.2, 0.25) is 5.02 Å². The molecule has 0 radical (unpaired) electrons. The van der Waals surface area contributed by atoms with E-state index in [0.29, 0.717) is 24.4 Å². The van der Waals surface area contributed by atoms with E-state index in [4.69, 9.17) is 16.3 Å². The number of carbonyl (C=O) groups is 3. The van der Waals surface area contributed by atoms with E-state index in [9.17, 15) is 19.5 Å². The Bertz CT molecular complexity index is 1130. The quantitative estimate of drug-likeness (QED) is 0.359. The Morgan fingerprint density at radius 3 is 2.35 bits per heavy atom. The highest BCUT2D eigenvalue weighted by Crippen LogP contribution is 2.58. The largest absolute Gasteiger partial charge is 0.491 e. The lowest BCUT2D eigenvalue weighted by Gasteiger charge is -2.36. The third-order valence-corrected chi connectivity index (χ3v) is 7.67. The van der Waals surface area contributed by atoms with Crippen molar-refractivity contribution in [2.24, 2.45) is 5.41 Å².